The van der Waals surface area contributed by atoms with Gasteiger partial charge < -0.3 is 10.6 Å². The van der Waals surface area contributed by atoms with Gasteiger partial charge in [0.05, 0.1) is 17.9 Å². The predicted molar refractivity (Wildman–Crippen MR) is 57.5 cm³/mol. The van der Waals surface area contributed by atoms with Gasteiger partial charge in [-0.25, -0.2) is 0 Å². The highest BCUT2D eigenvalue weighted by atomic mass is 16.2. The maximum Gasteiger partial charge on any atom is 0.241 e. The van der Waals surface area contributed by atoms with E-state index in [-0.39, 0.29) is 11.9 Å². The van der Waals surface area contributed by atoms with E-state index < -0.39 is 0 Å². The third-order valence-electron chi connectivity index (χ3n) is 2.60. The maximum atomic E-state index is 11.8. The summed E-state index contributed by atoms with van der Waals surface area (Å²) in [6.45, 7) is 0.936. The fourth-order valence-corrected chi connectivity index (χ4v) is 1.79. The molecular weight excluding hydrogens is 192 g/mol. The number of amides is 1. The van der Waals surface area contributed by atoms with E-state index in [4.69, 9.17) is 0 Å². The van der Waals surface area contributed by atoms with Crippen molar-refractivity contribution in [3.63, 3.8) is 0 Å². The van der Waals surface area contributed by atoms with Gasteiger partial charge in [-0.1, -0.05) is 6.42 Å². The van der Waals surface area contributed by atoms with Crippen molar-refractivity contribution < 1.29 is 4.79 Å². The highest BCUT2D eigenvalue weighted by Crippen LogP contribution is 2.10. The molecule has 0 aliphatic carbocycles. The van der Waals surface area contributed by atoms with E-state index in [2.05, 4.69) is 15.7 Å². The van der Waals surface area contributed by atoms with E-state index in [1.165, 1.54) is 0 Å². The Hall–Kier alpha value is -1.36. The van der Waals surface area contributed by atoms with E-state index in [0.717, 1.165) is 31.5 Å². The average Bonchev–Trinajstić information content (AvgIpc) is 2.65. The van der Waals surface area contributed by atoms with Crippen molar-refractivity contribution in [2.75, 3.05) is 11.9 Å². The van der Waals surface area contributed by atoms with Crippen LogP contribution >= 0.6 is 0 Å². The molecule has 0 radical (unpaired) electrons. The summed E-state index contributed by atoms with van der Waals surface area (Å²) in [5, 5.41) is 10.1. The molecule has 1 fully saturated rings. The summed E-state index contributed by atoms with van der Waals surface area (Å²) in [6, 6.07) is -0.0426. The minimum absolute atomic E-state index is 0.0426. The molecule has 2 heterocycles. The Labute approximate surface area is 88.8 Å². The van der Waals surface area contributed by atoms with E-state index >= 15 is 0 Å². The van der Waals surface area contributed by atoms with Crippen molar-refractivity contribution in [3.8, 4) is 0 Å². The third-order valence-corrected chi connectivity index (χ3v) is 2.60. The Morgan fingerprint density at radius 3 is 3.13 bits per heavy atom. The summed E-state index contributed by atoms with van der Waals surface area (Å²) in [7, 11) is 1.83. The van der Waals surface area contributed by atoms with Gasteiger partial charge in [-0.15, -0.1) is 0 Å². The molecule has 1 aliphatic heterocycles. The normalized spacial score (nSPS) is 21.3. The quantitative estimate of drug-likeness (QED) is 0.744. The predicted octanol–water partition coefficient (Wildman–Crippen LogP) is 0.501. The summed E-state index contributed by atoms with van der Waals surface area (Å²) in [4.78, 5) is 11.8. The number of piperidine rings is 1. The first-order valence-corrected chi connectivity index (χ1v) is 5.28. The van der Waals surface area contributed by atoms with Crippen LogP contribution in [0.1, 0.15) is 19.3 Å². The molecule has 5 nitrogen and oxygen atoms in total. The lowest BCUT2D eigenvalue weighted by molar-refractivity contribution is -0.118. The maximum absolute atomic E-state index is 11.8. The van der Waals surface area contributed by atoms with Crippen molar-refractivity contribution in [1.29, 1.82) is 0 Å². The number of nitrogens with one attached hydrogen (secondary N) is 2. The van der Waals surface area contributed by atoms with Crippen LogP contribution in [0.2, 0.25) is 0 Å². The number of nitrogens with zero attached hydrogens (tertiary/aromatic N) is 2. The number of hydrogen-bond acceptors (Lipinski definition) is 3. The Balaban J connectivity index is 1.91. The number of rotatable bonds is 2. The second-order valence-electron chi connectivity index (χ2n) is 3.89. The molecule has 2 N–H and O–H groups in total. The summed E-state index contributed by atoms with van der Waals surface area (Å²) in [5.41, 5.74) is 0.759. The molecule has 1 saturated heterocycles. The number of carbonyl (C=O) groups excluding carboxylic acids is 1. The highest BCUT2D eigenvalue weighted by molar-refractivity contribution is 5.94. The lowest BCUT2D eigenvalue weighted by atomic mass is 10.0. The molecule has 1 amide bonds. The van der Waals surface area contributed by atoms with Crippen molar-refractivity contribution >= 4 is 11.6 Å². The van der Waals surface area contributed by atoms with Crippen molar-refractivity contribution in [2.45, 2.75) is 25.3 Å². The van der Waals surface area contributed by atoms with Crippen LogP contribution in [0.4, 0.5) is 5.69 Å². The van der Waals surface area contributed by atoms with Gasteiger partial charge >= 0.3 is 0 Å². The molecule has 1 atom stereocenters. The van der Waals surface area contributed by atoms with Gasteiger partial charge in [-0.05, 0) is 19.4 Å². The smallest absolute Gasteiger partial charge is 0.241 e. The minimum Gasteiger partial charge on any atom is -0.322 e. The molecule has 0 saturated carbocycles. The molecule has 15 heavy (non-hydrogen) atoms. The lowest BCUT2D eigenvalue weighted by Crippen LogP contribution is -2.43. The van der Waals surface area contributed by atoms with Gasteiger partial charge in [-0.3, -0.25) is 9.48 Å². The molecule has 0 bridgehead atoms. The van der Waals surface area contributed by atoms with E-state index in [0.29, 0.717) is 0 Å². The fourth-order valence-electron chi connectivity index (χ4n) is 1.79. The van der Waals surface area contributed by atoms with Gasteiger partial charge in [0.15, 0.2) is 0 Å². The largest absolute Gasteiger partial charge is 0.322 e. The minimum atomic E-state index is -0.0426. The van der Waals surface area contributed by atoms with Gasteiger partial charge in [-0.2, -0.15) is 5.10 Å². The molecular formula is C10H16N4O. The zero-order valence-electron chi connectivity index (χ0n) is 8.86. The monoisotopic (exact) mass is 208 g/mol. The van der Waals surface area contributed by atoms with Gasteiger partial charge in [0, 0.05) is 13.2 Å². The lowest BCUT2D eigenvalue weighted by Gasteiger charge is -2.22. The van der Waals surface area contributed by atoms with Crippen molar-refractivity contribution in [3.05, 3.63) is 12.4 Å². The van der Waals surface area contributed by atoms with Crippen LogP contribution in [0.3, 0.4) is 0 Å². The van der Waals surface area contributed by atoms with Crippen LogP contribution in [-0.4, -0.2) is 28.3 Å². The second-order valence-corrected chi connectivity index (χ2v) is 3.89. The SMILES string of the molecule is Cn1cc(NC(=O)[C@H]2CCCCN2)cn1. The topological polar surface area (TPSA) is 59.0 Å². The molecule has 0 spiro atoms. The number of aromatic nitrogens is 2. The Bertz CT molecular complexity index is 341. The molecule has 0 unspecified atom stereocenters. The fraction of sp³-hybridized carbons (Fsp3) is 0.600. The standard InChI is InChI=1S/C10H16N4O/c1-14-7-8(6-12-14)13-10(15)9-4-2-3-5-11-9/h6-7,9,11H,2-5H2,1H3,(H,13,15)/t9-/m1/s1. The molecule has 1 aliphatic rings. The van der Waals surface area contributed by atoms with Crippen LogP contribution in [0.15, 0.2) is 12.4 Å². The summed E-state index contributed by atoms with van der Waals surface area (Å²) in [5.74, 6) is 0.0442. The summed E-state index contributed by atoms with van der Waals surface area (Å²) >= 11 is 0. The number of carbonyl (C=O) groups is 1. The number of hydrogen-bond donors (Lipinski definition) is 2. The average molecular weight is 208 g/mol. The molecule has 1 aromatic heterocycles. The molecule has 1 aromatic rings. The zero-order valence-corrected chi connectivity index (χ0v) is 8.86. The van der Waals surface area contributed by atoms with Crippen LogP contribution in [0.25, 0.3) is 0 Å². The third kappa shape index (κ3) is 2.56. The molecule has 82 valence electrons. The molecule has 2 rings (SSSR count). The van der Waals surface area contributed by atoms with E-state index in [1.54, 1.807) is 17.1 Å². The summed E-state index contributed by atoms with van der Waals surface area (Å²) in [6.07, 6.45) is 6.66. The number of anilines is 1. The van der Waals surface area contributed by atoms with Gasteiger partial charge in [0.25, 0.3) is 0 Å². The molecule has 5 heteroatoms. The second kappa shape index (κ2) is 4.44. The first kappa shape index (κ1) is 10.2. The summed E-state index contributed by atoms with van der Waals surface area (Å²) < 4.78 is 1.67. The van der Waals surface area contributed by atoms with Crippen LogP contribution in [-0.2, 0) is 11.8 Å². The van der Waals surface area contributed by atoms with Crippen molar-refractivity contribution in [2.24, 2.45) is 7.05 Å². The number of aryl methyl sites for hydroxylation is 1. The Morgan fingerprint density at radius 2 is 2.53 bits per heavy atom. The Kier molecular flexibility index (Phi) is 3.01. The van der Waals surface area contributed by atoms with Gasteiger partial charge in [0.2, 0.25) is 5.91 Å². The zero-order chi connectivity index (χ0) is 10.7. The highest BCUT2D eigenvalue weighted by Gasteiger charge is 2.20. The van der Waals surface area contributed by atoms with Crippen molar-refractivity contribution in [1.82, 2.24) is 15.1 Å². The first-order chi connectivity index (χ1) is 7.25. The van der Waals surface area contributed by atoms with Crippen LogP contribution in [0.5, 0.6) is 0 Å². The van der Waals surface area contributed by atoms with Crippen LogP contribution < -0.4 is 10.6 Å². The Morgan fingerprint density at radius 1 is 1.67 bits per heavy atom. The van der Waals surface area contributed by atoms with E-state index in [9.17, 15) is 4.79 Å². The van der Waals surface area contributed by atoms with Gasteiger partial charge in [0.1, 0.15) is 0 Å². The van der Waals surface area contributed by atoms with Crippen LogP contribution in [0, 0.1) is 0 Å². The molecule has 0 aromatic carbocycles. The van der Waals surface area contributed by atoms with E-state index in [1.807, 2.05) is 7.05 Å². The first-order valence-electron chi connectivity index (χ1n) is 5.28.